The van der Waals surface area contributed by atoms with Crippen molar-refractivity contribution < 1.29 is 4.79 Å². The van der Waals surface area contributed by atoms with E-state index < -0.39 is 0 Å². The van der Waals surface area contributed by atoms with E-state index in [4.69, 9.17) is 5.73 Å². The molecule has 20 heavy (non-hydrogen) atoms. The lowest BCUT2D eigenvalue weighted by Crippen LogP contribution is -2.33. The van der Waals surface area contributed by atoms with E-state index >= 15 is 0 Å². The van der Waals surface area contributed by atoms with E-state index in [0.717, 1.165) is 19.4 Å². The van der Waals surface area contributed by atoms with Crippen molar-refractivity contribution in [2.45, 2.75) is 53.1 Å². The summed E-state index contributed by atoms with van der Waals surface area (Å²) < 4.78 is 2.06. The average molecular weight is 277 g/mol. The van der Waals surface area contributed by atoms with Crippen LogP contribution in [-0.4, -0.2) is 17.0 Å². The van der Waals surface area contributed by atoms with Crippen LogP contribution < -0.4 is 11.1 Å². The fourth-order valence-corrected chi connectivity index (χ4v) is 2.97. The lowest BCUT2D eigenvalue weighted by atomic mass is 9.74. The van der Waals surface area contributed by atoms with Crippen LogP contribution in [0.4, 0.5) is 0 Å². The Bertz CT molecular complexity index is 488. The molecule has 1 unspecified atom stereocenters. The molecule has 1 amide bonds. The standard InChI is InChI=1S/C16H27N3O/c1-11(2)9-18-15(20)10-19-6-5-12-13(17)7-16(3,4)8-14(12)19/h5-6,11,13H,7-10,17H2,1-4H3,(H,18,20). The first kappa shape index (κ1) is 15.1. The number of hydrogen-bond donors (Lipinski definition) is 2. The molecular formula is C16H27N3O. The second-order valence-corrected chi connectivity index (χ2v) is 7.20. The number of nitrogens with one attached hydrogen (secondary N) is 1. The Hall–Kier alpha value is -1.29. The number of rotatable bonds is 4. The highest BCUT2D eigenvalue weighted by molar-refractivity contribution is 5.75. The smallest absolute Gasteiger partial charge is 0.239 e. The molecule has 1 heterocycles. The molecule has 112 valence electrons. The van der Waals surface area contributed by atoms with Crippen molar-refractivity contribution in [3.63, 3.8) is 0 Å². The van der Waals surface area contributed by atoms with Crippen molar-refractivity contribution in [1.82, 2.24) is 9.88 Å². The van der Waals surface area contributed by atoms with Crippen LogP contribution >= 0.6 is 0 Å². The zero-order chi connectivity index (χ0) is 14.9. The van der Waals surface area contributed by atoms with Crippen LogP contribution in [0.2, 0.25) is 0 Å². The number of amides is 1. The molecule has 4 heteroatoms. The van der Waals surface area contributed by atoms with Crippen molar-refractivity contribution in [2.24, 2.45) is 17.1 Å². The molecule has 1 aliphatic rings. The highest BCUT2D eigenvalue weighted by atomic mass is 16.1. The normalized spacial score (nSPS) is 20.8. The number of aromatic nitrogens is 1. The molecule has 3 N–H and O–H groups in total. The zero-order valence-electron chi connectivity index (χ0n) is 13.1. The summed E-state index contributed by atoms with van der Waals surface area (Å²) in [6, 6.07) is 2.17. The van der Waals surface area contributed by atoms with Crippen LogP contribution in [0, 0.1) is 11.3 Å². The summed E-state index contributed by atoms with van der Waals surface area (Å²) >= 11 is 0. The maximum absolute atomic E-state index is 12.0. The van der Waals surface area contributed by atoms with Gasteiger partial charge in [0.15, 0.2) is 0 Å². The Kier molecular flexibility index (Phi) is 4.23. The van der Waals surface area contributed by atoms with Crippen molar-refractivity contribution >= 4 is 5.91 Å². The molecule has 0 saturated carbocycles. The van der Waals surface area contributed by atoms with Gasteiger partial charge >= 0.3 is 0 Å². The molecule has 1 aliphatic carbocycles. The molecule has 1 atom stereocenters. The summed E-state index contributed by atoms with van der Waals surface area (Å²) in [7, 11) is 0. The maximum Gasteiger partial charge on any atom is 0.239 e. The third-order valence-electron chi connectivity index (χ3n) is 3.95. The number of nitrogens with two attached hydrogens (primary N) is 1. The second kappa shape index (κ2) is 5.60. The van der Waals surface area contributed by atoms with Gasteiger partial charge in [-0.05, 0) is 35.8 Å². The van der Waals surface area contributed by atoms with E-state index in [1.165, 1.54) is 11.3 Å². The van der Waals surface area contributed by atoms with Gasteiger partial charge in [0, 0.05) is 24.5 Å². The van der Waals surface area contributed by atoms with Gasteiger partial charge in [-0.2, -0.15) is 0 Å². The fourth-order valence-electron chi connectivity index (χ4n) is 2.97. The molecule has 1 aromatic rings. The third kappa shape index (κ3) is 3.42. The number of hydrogen-bond acceptors (Lipinski definition) is 2. The molecule has 0 fully saturated rings. The minimum Gasteiger partial charge on any atom is -0.354 e. The topological polar surface area (TPSA) is 60.0 Å². The Labute approximate surface area is 121 Å². The van der Waals surface area contributed by atoms with Crippen LogP contribution in [0.1, 0.15) is 51.4 Å². The monoisotopic (exact) mass is 277 g/mol. The van der Waals surface area contributed by atoms with Gasteiger partial charge in [-0.1, -0.05) is 27.7 Å². The minimum atomic E-state index is 0.0778. The van der Waals surface area contributed by atoms with Gasteiger partial charge in [0.1, 0.15) is 6.54 Å². The molecule has 0 spiro atoms. The van der Waals surface area contributed by atoms with Crippen molar-refractivity contribution in [3.05, 3.63) is 23.5 Å². The predicted molar refractivity (Wildman–Crippen MR) is 81.3 cm³/mol. The molecule has 2 rings (SSSR count). The van der Waals surface area contributed by atoms with Crippen LogP contribution in [0.3, 0.4) is 0 Å². The van der Waals surface area contributed by atoms with Gasteiger partial charge in [-0.3, -0.25) is 4.79 Å². The van der Waals surface area contributed by atoms with Crippen LogP contribution in [0.15, 0.2) is 12.3 Å². The number of fused-ring (bicyclic) bond motifs is 1. The molecule has 0 bridgehead atoms. The summed E-state index contributed by atoms with van der Waals surface area (Å²) in [5, 5.41) is 2.97. The van der Waals surface area contributed by atoms with Gasteiger partial charge in [0.25, 0.3) is 0 Å². The highest BCUT2D eigenvalue weighted by Crippen LogP contribution is 2.39. The van der Waals surface area contributed by atoms with E-state index in [0.29, 0.717) is 12.5 Å². The summed E-state index contributed by atoms with van der Waals surface area (Å²) in [5.74, 6) is 0.555. The molecule has 4 nitrogen and oxygen atoms in total. The first-order chi connectivity index (χ1) is 9.28. The zero-order valence-corrected chi connectivity index (χ0v) is 13.1. The maximum atomic E-state index is 12.0. The Morgan fingerprint density at radius 3 is 2.90 bits per heavy atom. The average Bonchev–Trinajstić information content (AvgIpc) is 2.68. The van der Waals surface area contributed by atoms with Crippen LogP contribution in [0.25, 0.3) is 0 Å². The molecule has 0 aliphatic heterocycles. The fraction of sp³-hybridized carbons (Fsp3) is 0.688. The van der Waals surface area contributed by atoms with Gasteiger partial charge in [-0.15, -0.1) is 0 Å². The molecule has 0 radical (unpaired) electrons. The van der Waals surface area contributed by atoms with E-state index in [-0.39, 0.29) is 17.4 Å². The third-order valence-corrected chi connectivity index (χ3v) is 3.95. The molecule has 1 aromatic heterocycles. The van der Waals surface area contributed by atoms with E-state index in [1.807, 2.05) is 6.20 Å². The first-order valence-electron chi connectivity index (χ1n) is 7.49. The predicted octanol–water partition coefficient (Wildman–Crippen LogP) is 2.23. The van der Waals surface area contributed by atoms with E-state index in [2.05, 4.69) is 43.6 Å². The van der Waals surface area contributed by atoms with Crippen molar-refractivity contribution in [2.75, 3.05) is 6.54 Å². The Morgan fingerprint density at radius 1 is 1.55 bits per heavy atom. The van der Waals surface area contributed by atoms with E-state index in [9.17, 15) is 4.79 Å². The summed E-state index contributed by atoms with van der Waals surface area (Å²) in [4.78, 5) is 12.0. The number of nitrogens with zero attached hydrogens (tertiary/aromatic N) is 1. The van der Waals surface area contributed by atoms with Gasteiger partial charge in [-0.25, -0.2) is 0 Å². The SMILES string of the molecule is CC(C)CNC(=O)Cn1ccc2c1CC(C)(C)CC2N. The summed E-state index contributed by atoms with van der Waals surface area (Å²) in [6.07, 6.45) is 3.99. The number of carbonyl (C=O) groups is 1. The Morgan fingerprint density at radius 2 is 2.25 bits per heavy atom. The largest absolute Gasteiger partial charge is 0.354 e. The lowest BCUT2D eigenvalue weighted by molar-refractivity contribution is -0.121. The number of carbonyl (C=O) groups excluding carboxylic acids is 1. The van der Waals surface area contributed by atoms with Crippen molar-refractivity contribution in [3.8, 4) is 0 Å². The van der Waals surface area contributed by atoms with Crippen LogP contribution in [-0.2, 0) is 17.8 Å². The lowest BCUT2D eigenvalue weighted by Gasteiger charge is -2.34. The Balaban J connectivity index is 2.09. The molecule has 0 saturated heterocycles. The van der Waals surface area contributed by atoms with Gasteiger partial charge < -0.3 is 15.6 Å². The second-order valence-electron chi connectivity index (χ2n) is 7.20. The molecule has 0 aromatic carbocycles. The van der Waals surface area contributed by atoms with Crippen molar-refractivity contribution in [1.29, 1.82) is 0 Å². The quantitative estimate of drug-likeness (QED) is 0.886. The van der Waals surface area contributed by atoms with Crippen LogP contribution in [0.5, 0.6) is 0 Å². The first-order valence-corrected chi connectivity index (χ1v) is 7.49. The van der Waals surface area contributed by atoms with Gasteiger partial charge in [0.2, 0.25) is 5.91 Å². The molecular weight excluding hydrogens is 250 g/mol. The van der Waals surface area contributed by atoms with E-state index in [1.54, 1.807) is 0 Å². The minimum absolute atomic E-state index is 0.0778. The van der Waals surface area contributed by atoms with Gasteiger partial charge in [0.05, 0.1) is 0 Å². The highest BCUT2D eigenvalue weighted by Gasteiger charge is 2.32. The summed E-state index contributed by atoms with van der Waals surface area (Å²) in [5.41, 5.74) is 8.90. The summed E-state index contributed by atoms with van der Waals surface area (Å²) in [6.45, 7) is 9.80.